The molecule has 6 heteroatoms. The number of benzene rings is 1. The highest BCUT2D eigenvalue weighted by Crippen LogP contribution is 2.18. The van der Waals surface area contributed by atoms with Crippen molar-refractivity contribution in [2.24, 2.45) is 10.9 Å². The molecule has 1 aliphatic rings. The minimum Gasteiger partial charge on any atom is -0.356 e. The van der Waals surface area contributed by atoms with E-state index in [1.54, 1.807) is 0 Å². The molecule has 2 rings (SSSR count). The second-order valence-electron chi connectivity index (χ2n) is 7.35. The van der Waals surface area contributed by atoms with Crippen LogP contribution in [0.2, 0.25) is 0 Å². The van der Waals surface area contributed by atoms with Crippen LogP contribution in [0, 0.1) is 5.92 Å². The third-order valence-electron chi connectivity index (χ3n) is 4.92. The van der Waals surface area contributed by atoms with E-state index in [0.29, 0.717) is 0 Å². The van der Waals surface area contributed by atoms with Crippen molar-refractivity contribution < 1.29 is 0 Å². The maximum Gasteiger partial charge on any atom is 0.191 e. The number of nitrogens with one attached hydrogen (secondary N) is 2. The molecule has 1 aromatic rings. The summed E-state index contributed by atoms with van der Waals surface area (Å²) in [5.74, 6) is 2.96. The highest BCUT2D eigenvalue weighted by Gasteiger charge is 2.16. The third-order valence-corrected chi connectivity index (χ3v) is 5.62. The summed E-state index contributed by atoms with van der Waals surface area (Å²) in [6.45, 7) is 7.72. The number of hydrogen-bond acceptors (Lipinski definition) is 3. The fraction of sp³-hybridized carbons (Fsp3) is 0.667. The van der Waals surface area contributed by atoms with E-state index >= 15 is 0 Å². The molecule has 4 nitrogen and oxygen atoms in total. The van der Waals surface area contributed by atoms with E-state index in [4.69, 9.17) is 0 Å². The van der Waals surface area contributed by atoms with Gasteiger partial charge in [0.05, 0.1) is 0 Å². The Morgan fingerprint density at radius 2 is 1.93 bits per heavy atom. The van der Waals surface area contributed by atoms with E-state index < -0.39 is 0 Å². The molecule has 1 atom stereocenters. The van der Waals surface area contributed by atoms with Gasteiger partial charge in [-0.15, -0.1) is 24.0 Å². The van der Waals surface area contributed by atoms with Gasteiger partial charge in [-0.2, -0.15) is 11.8 Å². The Bertz CT molecular complexity index is 535. The fourth-order valence-corrected chi connectivity index (χ4v) is 3.93. The first-order valence-electron chi connectivity index (χ1n) is 9.95. The molecule has 154 valence electrons. The van der Waals surface area contributed by atoms with Crippen molar-refractivity contribution in [1.29, 1.82) is 0 Å². The van der Waals surface area contributed by atoms with Crippen LogP contribution >= 0.6 is 35.7 Å². The smallest absolute Gasteiger partial charge is 0.191 e. The van der Waals surface area contributed by atoms with Crippen molar-refractivity contribution in [3.63, 3.8) is 0 Å². The van der Waals surface area contributed by atoms with Crippen LogP contribution in [0.5, 0.6) is 0 Å². The van der Waals surface area contributed by atoms with Crippen molar-refractivity contribution in [3.05, 3.63) is 35.4 Å². The van der Waals surface area contributed by atoms with Crippen LogP contribution in [0.25, 0.3) is 0 Å². The van der Waals surface area contributed by atoms with Crippen LogP contribution in [-0.2, 0) is 13.1 Å². The number of guanidine groups is 1. The van der Waals surface area contributed by atoms with Crippen LogP contribution < -0.4 is 10.6 Å². The number of rotatable bonds is 9. The average Bonchev–Trinajstić information content (AvgIpc) is 2.65. The fourth-order valence-electron chi connectivity index (χ4n) is 3.44. The molecule has 1 aliphatic heterocycles. The Morgan fingerprint density at radius 1 is 1.19 bits per heavy atom. The molecule has 0 bridgehead atoms. The molecule has 1 heterocycles. The number of aliphatic imine (C=N–C) groups is 1. The molecule has 1 fully saturated rings. The lowest BCUT2D eigenvalue weighted by atomic mass is 9.99. The van der Waals surface area contributed by atoms with Gasteiger partial charge < -0.3 is 10.6 Å². The van der Waals surface area contributed by atoms with Crippen LogP contribution in [0.1, 0.15) is 43.7 Å². The molecule has 0 saturated carbocycles. The van der Waals surface area contributed by atoms with E-state index in [1.807, 2.05) is 18.8 Å². The Balaban J connectivity index is 0.00000364. The van der Waals surface area contributed by atoms with E-state index in [-0.39, 0.29) is 24.0 Å². The molecular weight excluding hydrogens is 467 g/mol. The minimum absolute atomic E-state index is 0. The monoisotopic (exact) mass is 504 g/mol. The van der Waals surface area contributed by atoms with Crippen molar-refractivity contribution in [2.75, 3.05) is 38.7 Å². The normalized spacial score (nSPS) is 18.0. The highest BCUT2D eigenvalue weighted by atomic mass is 127. The summed E-state index contributed by atoms with van der Waals surface area (Å²) in [6, 6.07) is 9.02. The molecule has 0 spiro atoms. The van der Waals surface area contributed by atoms with Crippen molar-refractivity contribution in [3.8, 4) is 0 Å². The molecular formula is C21H37IN4S. The first-order valence-corrected chi connectivity index (χ1v) is 11.3. The molecule has 0 aliphatic carbocycles. The Hall–Kier alpha value is -0.470. The topological polar surface area (TPSA) is 39.7 Å². The predicted molar refractivity (Wildman–Crippen MR) is 131 cm³/mol. The van der Waals surface area contributed by atoms with E-state index in [9.17, 15) is 0 Å². The van der Waals surface area contributed by atoms with Gasteiger partial charge in [0.1, 0.15) is 0 Å². The van der Waals surface area contributed by atoms with E-state index in [2.05, 4.69) is 58.0 Å². The van der Waals surface area contributed by atoms with Crippen LogP contribution in [0.4, 0.5) is 0 Å². The van der Waals surface area contributed by atoms with Crippen LogP contribution in [0.3, 0.4) is 0 Å². The van der Waals surface area contributed by atoms with Crippen molar-refractivity contribution in [2.45, 2.75) is 45.7 Å². The third kappa shape index (κ3) is 10.0. The molecule has 0 aromatic heterocycles. The molecule has 1 saturated heterocycles. The average molecular weight is 505 g/mol. The number of halogens is 1. The summed E-state index contributed by atoms with van der Waals surface area (Å²) in [4.78, 5) is 6.89. The second kappa shape index (κ2) is 14.5. The van der Waals surface area contributed by atoms with E-state index in [0.717, 1.165) is 31.5 Å². The summed E-state index contributed by atoms with van der Waals surface area (Å²) in [5.41, 5.74) is 2.71. The standard InChI is InChI=1S/C21H36N4S.HI/c1-18-7-6-13-25(16-18)17-20-10-8-19(9-11-20)15-24-21(22-2)23-12-4-5-14-26-3;/h8-11,18H,4-7,12-17H2,1-3H3,(H2,22,23,24);1H. The first-order chi connectivity index (χ1) is 12.7. The van der Waals surface area contributed by atoms with Gasteiger partial charge in [-0.3, -0.25) is 9.89 Å². The SMILES string of the molecule is CN=C(NCCCCSC)NCc1ccc(CN2CCCC(C)C2)cc1.I. The summed E-state index contributed by atoms with van der Waals surface area (Å²) in [7, 11) is 1.83. The van der Waals surface area contributed by atoms with Gasteiger partial charge >= 0.3 is 0 Å². The molecule has 2 N–H and O–H groups in total. The number of thioether (sulfide) groups is 1. The van der Waals surface area contributed by atoms with Crippen molar-refractivity contribution in [1.82, 2.24) is 15.5 Å². The predicted octanol–water partition coefficient (Wildman–Crippen LogP) is 4.34. The maximum absolute atomic E-state index is 4.31. The van der Waals surface area contributed by atoms with Gasteiger partial charge in [0, 0.05) is 33.2 Å². The summed E-state index contributed by atoms with van der Waals surface area (Å²) >= 11 is 1.91. The Kier molecular flexibility index (Phi) is 13.2. The Morgan fingerprint density at radius 3 is 2.59 bits per heavy atom. The molecule has 1 unspecified atom stereocenters. The second-order valence-corrected chi connectivity index (χ2v) is 8.34. The van der Waals surface area contributed by atoms with Gasteiger partial charge in [-0.05, 0) is 61.3 Å². The van der Waals surface area contributed by atoms with E-state index in [1.165, 1.54) is 55.7 Å². The zero-order chi connectivity index (χ0) is 18.6. The lowest BCUT2D eigenvalue weighted by molar-refractivity contribution is 0.176. The highest BCUT2D eigenvalue weighted by molar-refractivity contribution is 14.0. The number of hydrogen-bond donors (Lipinski definition) is 2. The first kappa shape index (κ1) is 24.6. The quantitative estimate of drug-likeness (QED) is 0.227. The molecule has 1 aromatic carbocycles. The lowest BCUT2D eigenvalue weighted by Gasteiger charge is -2.30. The molecule has 0 radical (unpaired) electrons. The van der Waals surface area contributed by atoms with Crippen LogP contribution in [-0.4, -0.2) is 49.6 Å². The molecule has 27 heavy (non-hydrogen) atoms. The maximum atomic E-state index is 4.31. The van der Waals surface area contributed by atoms with Crippen molar-refractivity contribution >= 4 is 41.7 Å². The lowest BCUT2D eigenvalue weighted by Crippen LogP contribution is -2.37. The van der Waals surface area contributed by atoms with Gasteiger partial charge in [0.25, 0.3) is 0 Å². The van der Waals surface area contributed by atoms with Gasteiger partial charge in [-0.1, -0.05) is 31.2 Å². The molecule has 0 amide bonds. The summed E-state index contributed by atoms with van der Waals surface area (Å²) < 4.78 is 0. The number of piperidine rings is 1. The van der Waals surface area contributed by atoms with Gasteiger partial charge in [0.15, 0.2) is 5.96 Å². The minimum atomic E-state index is 0. The zero-order valence-electron chi connectivity index (χ0n) is 17.2. The Labute approximate surface area is 187 Å². The van der Waals surface area contributed by atoms with Gasteiger partial charge in [-0.25, -0.2) is 0 Å². The number of likely N-dealkylation sites (tertiary alicyclic amines) is 1. The largest absolute Gasteiger partial charge is 0.356 e. The summed E-state index contributed by atoms with van der Waals surface area (Å²) in [6.07, 6.45) is 7.32. The number of nitrogens with zero attached hydrogens (tertiary/aromatic N) is 2. The van der Waals surface area contributed by atoms with Crippen LogP contribution in [0.15, 0.2) is 29.3 Å². The summed E-state index contributed by atoms with van der Waals surface area (Å²) in [5, 5.41) is 6.80. The number of unbranched alkanes of at least 4 members (excludes halogenated alkanes) is 1. The zero-order valence-corrected chi connectivity index (χ0v) is 20.3. The van der Waals surface area contributed by atoms with Gasteiger partial charge in [0.2, 0.25) is 0 Å².